The summed E-state index contributed by atoms with van der Waals surface area (Å²) in [5.74, 6) is 1.15. The molecule has 0 radical (unpaired) electrons. The van der Waals surface area contributed by atoms with Crippen molar-refractivity contribution in [2.75, 3.05) is 7.05 Å². The molecule has 0 saturated carbocycles. The van der Waals surface area contributed by atoms with Crippen molar-refractivity contribution < 1.29 is 4.74 Å². The van der Waals surface area contributed by atoms with E-state index in [1.807, 2.05) is 72.8 Å². The van der Waals surface area contributed by atoms with Crippen LogP contribution in [0.25, 0.3) is 39.0 Å². The number of fused-ring (bicyclic) bond motifs is 1. The molecule has 0 unspecified atom stereocenters. The molecule has 3 aromatic heterocycles. The average Bonchev–Trinajstić information content (AvgIpc) is 3.50. The van der Waals surface area contributed by atoms with E-state index >= 15 is 0 Å². The molecular weight excluding hydrogens is 484 g/mol. The first-order valence-corrected chi connectivity index (χ1v) is 11.9. The Balaban J connectivity index is 0.00000137. The third-order valence-electron chi connectivity index (χ3n) is 5.64. The standard InChI is InChI=1S/C28H18ClN5O.CH5N/c29-21-8-6-20(7-9-21)27-24(19-4-2-1-3-5-19)16-25-26(33-27)14-15-31-28(25)35-23-12-10-22(11-13-23)34-18-30-17-32-34;1-2/h1-18H;2H2,1H3. The highest BCUT2D eigenvalue weighted by atomic mass is 35.5. The van der Waals surface area contributed by atoms with Gasteiger partial charge in [0.15, 0.2) is 0 Å². The maximum absolute atomic E-state index is 6.20. The molecular formula is C29H23ClN6O. The summed E-state index contributed by atoms with van der Waals surface area (Å²) >= 11 is 6.13. The molecule has 0 aliphatic heterocycles. The molecule has 0 fully saturated rings. The average molecular weight is 507 g/mol. The minimum absolute atomic E-state index is 0.489. The number of ether oxygens (including phenoxy) is 1. The number of hydrogen-bond acceptors (Lipinski definition) is 6. The quantitative estimate of drug-likeness (QED) is 0.284. The molecule has 6 rings (SSSR count). The second kappa shape index (κ2) is 11.0. The Morgan fingerprint density at radius 2 is 1.59 bits per heavy atom. The van der Waals surface area contributed by atoms with Crippen LogP contribution >= 0.6 is 11.6 Å². The molecule has 7 nitrogen and oxygen atoms in total. The first-order valence-electron chi connectivity index (χ1n) is 11.6. The van der Waals surface area contributed by atoms with Gasteiger partial charge < -0.3 is 10.5 Å². The highest BCUT2D eigenvalue weighted by Gasteiger charge is 2.15. The van der Waals surface area contributed by atoms with Crippen LogP contribution in [-0.2, 0) is 0 Å². The van der Waals surface area contributed by atoms with Gasteiger partial charge in [-0.25, -0.2) is 19.6 Å². The number of pyridine rings is 2. The van der Waals surface area contributed by atoms with Crippen molar-refractivity contribution in [1.82, 2.24) is 24.7 Å². The van der Waals surface area contributed by atoms with Crippen molar-refractivity contribution in [3.05, 3.63) is 115 Å². The molecule has 6 aromatic rings. The maximum Gasteiger partial charge on any atom is 0.228 e. The Morgan fingerprint density at radius 1 is 0.838 bits per heavy atom. The molecule has 37 heavy (non-hydrogen) atoms. The molecule has 0 saturated heterocycles. The largest absolute Gasteiger partial charge is 0.438 e. The highest BCUT2D eigenvalue weighted by molar-refractivity contribution is 6.30. The zero-order valence-corrected chi connectivity index (χ0v) is 20.7. The second-order valence-corrected chi connectivity index (χ2v) is 8.31. The van der Waals surface area contributed by atoms with Gasteiger partial charge in [0, 0.05) is 22.3 Å². The molecule has 2 N–H and O–H groups in total. The van der Waals surface area contributed by atoms with Crippen LogP contribution in [0.2, 0.25) is 5.02 Å². The summed E-state index contributed by atoms with van der Waals surface area (Å²) in [6.07, 6.45) is 4.86. The van der Waals surface area contributed by atoms with Gasteiger partial charge in [0.05, 0.1) is 22.3 Å². The summed E-state index contributed by atoms with van der Waals surface area (Å²) in [6, 6.07) is 29.5. The van der Waals surface area contributed by atoms with E-state index in [1.54, 1.807) is 17.2 Å². The maximum atomic E-state index is 6.20. The van der Waals surface area contributed by atoms with Crippen LogP contribution in [0.4, 0.5) is 0 Å². The Bertz CT molecular complexity index is 1600. The topological polar surface area (TPSA) is 91.7 Å². The number of hydrogen-bond donors (Lipinski definition) is 1. The third-order valence-corrected chi connectivity index (χ3v) is 5.90. The first-order chi connectivity index (χ1) is 18.2. The fourth-order valence-corrected chi connectivity index (χ4v) is 4.06. The Labute approximate surface area is 219 Å². The lowest BCUT2D eigenvalue weighted by Crippen LogP contribution is -1.96. The number of benzene rings is 3. The summed E-state index contributed by atoms with van der Waals surface area (Å²) in [7, 11) is 1.50. The normalized spacial score (nSPS) is 10.6. The number of aromatic nitrogens is 5. The van der Waals surface area contributed by atoms with Crippen LogP contribution < -0.4 is 10.5 Å². The lowest BCUT2D eigenvalue weighted by molar-refractivity contribution is 0.469. The van der Waals surface area contributed by atoms with Gasteiger partial charge in [-0.3, -0.25) is 0 Å². The predicted molar refractivity (Wildman–Crippen MR) is 147 cm³/mol. The van der Waals surface area contributed by atoms with E-state index in [0.29, 0.717) is 16.7 Å². The monoisotopic (exact) mass is 506 g/mol. The number of rotatable bonds is 5. The van der Waals surface area contributed by atoms with E-state index in [4.69, 9.17) is 21.3 Å². The van der Waals surface area contributed by atoms with Crippen molar-refractivity contribution in [3.8, 4) is 39.7 Å². The minimum atomic E-state index is 0.489. The second-order valence-electron chi connectivity index (χ2n) is 7.88. The number of nitrogens with two attached hydrogens (primary N) is 1. The van der Waals surface area contributed by atoms with Crippen LogP contribution in [0.15, 0.2) is 110 Å². The van der Waals surface area contributed by atoms with Crippen LogP contribution in [0.1, 0.15) is 0 Å². The Kier molecular flexibility index (Phi) is 7.16. The summed E-state index contributed by atoms with van der Waals surface area (Å²) in [6.45, 7) is 0. The molecule has 0 bridgehead atoms. The fourth-order valence-electron chi connectivity index (χ4n) is 3.94. The van der Waals surface area contributed by atoms with Crippen molar-refractivity contribution in [3.63, 3.8) is 0 Å². The van der Waals surface area contributed by atoms with Gasteiger partial charge in [-0.05, 0) is 61.1 Å². The Hall–Kier alpha value is -4.59. The number of halogens is 1. The summed E-state index contributed by atoms with van der Waals surface area (Å²) < 4.78 is 7.89. The van der Waals surface area contributed by atoms with Crippen LogP contribution in [0.5, 0.6) is 11.6 Å². The van der Waals surface area contributed by atoms with Gasteiger partial charge >= 0.3 is 0 Å². The van der Waals surface area contributed by atoms with Gasteiger partial charge in [-0.15, -0.1) is 0 Å². The van der Waals surface area contributed by atoms with Gasteiger partial charge in [0.1, 0.15) is 18.4 Å². The molecule has 0 atom stereocenters. The van der Waals surface area contributed by atoms with Crippen LogP contribution in [0, 0.1) is 0 Å². The Morgan fingerprint density at radius 3 is 2.30 bits per heavy atom. The molecule has 3 heterocycles. The van der Waals surface area contributed by atoms with Crippen LogP contribution in [0.3, 0.4) is 0 Å². The van der Waals surface area contributed by atoms with Crippen molar-refractivity contribution in [2.24, 2.45) is 5.73 Å². The predicted octanol–water partition coefficient (Wildman–Crippen LogP) is 6.57. The van der Waals surface area contributed by atoms with Gasteiger partial charge in [0.25, 0.3) is 0 Å². The first kappa shape index (κ1) is 24.1. The van der Waals surface area contributed by atoms with E-state index in [1.165, 1.54) is 13.4 Å². The molecule has 0 aliphatic rings. The summed E-state index contributed by atoms with van der Waals surface area (Å²) in [4.78, 5) is 13.5. The SMILES string of the molecule is CN.Clc1ccc(-c2nc3ccnc(Oc4ccc(-n5cncn5)cc4)c3cc2-c2ccccc2)cc1. The highest BCUT2D eigenvalue weighted by Crippen LogP contribution is 2.37. The van der Waals surface area contributed by atoms with Crippen LogP contribution in [-0.4, -0.2) is 31.8 Å². The van der Waals surface area contributed by atoms with E-state index in [9.17, 15) is 0 Å². The van der Waals surface area contributed by atoms with Crippen molar-refractivity contribution >= 4 is 22.5 Å². The molecule has 0 amide bonds. The molecule has 8 heteroatoms. The van der Waals surface area contributed by atoms with Crippen molar-refractivity contribution in [2.45, 2.75) is 0 Å². The smallest absolute Gasteiger partial charge is 0.228 e. The lowest BCUT2D eigenvalue weighted by atomic mass is 9.98. The summed E-state index contributed by atoms with van der Waals surface area (Å²) in [5.41, 5.74) is 10.1. The molecule has 0 spiro atoms. The van der Waals surface area contributed by atoms with E-state index in [-0.39, 0.29) is 0 Å². The zero-order valence-electron chi connectivity index (χ0n) is 20.0. The van der Waals surface area contributed by atoms with Gasteiger partial charge in [0.2, 0.25) is 5.88 Å². The van der Waals surface area contributed by atoms with E-state index in [2.05, 4.69) is 39.0 Å². The zero-order chi connectivity index (χ0) is 25.6. The fraction of sp³-hybridized carbons (Fsp3) is 0.0345. The third kappa shape index (κ3) is 5.18. The lowest BCUT2D eigenvalue weighted by Gasteiger charge is -2.14. The molecule has 182 valence electrons. The molecule has 3 aromatic carbocycles. The van der Waals surface area contributed by atoms with Crippen molar-refractivity contribution in [1.29, 1.82) is 0 Å². The van der Waals surface area contributed by atoms with Gasteiger partial charge in [-0.2, -0.15) is 5.10 Å². The number of nitrogens with zero attached hydrogens (tertiary/aromatic N) is 5. The minimum Gasteiger partial charge on any atom is -0.438 e. The summed E-state index contributed by atoms with van der Waals surface area (Å²) in [5, 5.41) is 5.66. The van der Waals surface area contributed by atoms with E-state index in [0.717, 1.165) is 39.0 Å². The molecule has 0 aliphatic carbocycles. The van der Waals surface area contributed by atoms with Gasteiger partial charge in [-0.1, -0.05) is 54.1 Å². The van der Waals surface area contributed by atoms with E-state index < -0.39 is 0 Å².